The second kappa shape index (κ2) is 3.19. The zero-order valence-corrected chi connectivity index (χ0v) is 9.97. The molecule has 3 rings (SSSR count). The molecule has 2 heterocycles. The zero-order valence-electron chi connectivity index (χ0n) is 9.15. The fourth-order valence-corrected chi connectivity index (χ4v) is 3.35. The van der Waals surface area contributed by atoms with Crippen LogP contribution in [-0.4, -0.2) is 10.4 Å². The molecule has 1 aromatic carbocycles. The lowest BCUT2D eigenvalue weighted by Gasteiger charge is -1.99. The second-order valence-electron chi connectivity index (χ2n) is 3.96. The molecule has 80 valence electrons. The lowest BCUT2D eigenvalue weighted by Crippen LogP contribution is -2.00. The second-order valence-corrected chi connectivity index (χ2v) is 5.04. The van der Waals surface area contributed by atoms with E-state index in [-0.39, 0.29) is 5.78 Å². The molecule has 2 nitrogen and oxygen atoms in total. The van der Waals surface area contributed by atoms with Crippen molar-refractivity contribution < 1.29 is 4.79 Å². The Morgan fingerprint density at radius 3 is 2.75 bits per heavy atom. The molecule has 0 saturated carbocycles. The zero-order chi connectivity index (χ0) is 11.3. The summed E-state index contributed by atoms with van der Waals surface area (Å²) in [5, 5.41) is 1.23. The maximum absolute atomic E-state index is 11.5. The topological polar surface area (TPSA) is 22.0 Å². The van der Waals surface area contributed by atoms with Gasteiger partial charge in [-0.25, -0.2) is 0 Å². The van der Waals surface area contributed by atoms with Crippen LogP contribution in [0.5, 0.6) is 0 Å². The number of Topliss-reactive ketones (excluding diaryl/α,β-unsaturated/α-hetero) is 1. The average Bonchev–Trinajstić information content (AvgIpc) is 2.75. The van der Waals surface area contributed by atoms with Gasteiger partial charge in [-0.2, -0.15) is 0 Å². The van der Waals surface area contributed by atoms with E-state index in [1.54, 1.807) is 18.3 Å². The molecule has 0 amide bonds. The fraction of sp³-hybridized carbons (Fsp3) is 0.154. The predicted molar refractivity (Wildman–Crippen MR) is 68.3 cm³/mol. The summed E-state index contributed by atoms with van der Waals surface area (Å²) in [5.41, 5.74) is 1.96. The van der Waals surface area contributed by atoms with Gasteiger partial charge in [0.05, 0.1) is 15.9 Å². The number of carbonyl (C=O) groups excluding carboxylic acids is 1. The van der Waals surface area contributed by atoms with E-state index in [4.69, 9.17) is 0 Å². The number of ketones is 1. The van der Waals surface area contributed by atoms with Crippen molar-refractivity contribution in [3.8, 4) is 0 Å². The van der Waals surface area contributed by atoms with E-state index in [9.17, 15) is 4.79 Å². The molecular formula is C13H11NOS. The third-order valence-corrected chi connectivity index (χ3v) is 4.03. The number of rotatable bonds is 1. The summed E-state index contributed by atoms with van der Waals surface area (Å²) >= 11 is 1.74. The molecule has 0 atom stereocenters. The number of hydrogen-bond acceptors (Lipinski definition) is 2. The van der Waals surface area contributed by atoms with Crippen LogP contribution in [0.3, 0.4) is 0 Å². The number of carbonyl (C=O) groups is 1. The quantitative estimate of drug-likeness (QED) is 0.584. The van der Waals surface area contributed by atoms with Crippen LogP contribution < -0.4 is 0 Å². The molecule has 0 saturated heterocycles. The molecule has 0 aliphatic rings. The van der Waals surface area contributed by atoms with E-state index < -0.39 is 0 Å². The molecule has 0 N–H and O–H groups in total. The van der Waals surface area contributed by atoms with Gasteiger partial charge >= 0.3 is 0 Å². The van der Waals surface area contributed by atoms with Gasteiger partial charge in [0.2, 0.25) is 0 Å². The maximum atomic E-state index is 11.5. The van der Waals surface area contributed by atoms with E-state index in [2.05, 4.69) is 12.1 Å². The van der Waals surface area contributed by atoms with Crippen molar-refractivity contribution in [3.63, 3.8) is 0 Å². The Morgan fingerprint density at radius 2 is 2.00 bits per heavy atom. The predicted octanol–water partition coefficient (Wildman–Crippen LogP) is 3.60. The number of thiophene rings is 1. The van der Waals surface area contributed by atoms with E-state index >= 15 is 0 Å². The Balaban J connectivity index is 2.50. The van der Waals surface area contributed by atoms with Crippen LogP contribution in [0.1, 0.15) is 17.4 Å². The van der Waals surface area contributed by atoms with Gasteiger partial charge in [-0.15, -0.1) is 11.3 Å². The summed E-state index contributed by atoms with van der Waals surface area (Å²) in [6.45, 7) is 1.61. The van der Waals surface area contributed by atoms with Crippen molar-refractivity contribution in [1.82, 2.24) is 4.57 Å². The number of aryl methyl sites for hydroxylation is 1. The number of aromatic nitrogens is 1. The Morgan fingerprint density at radius 1 is 1.25 bits per heavy atom. The van der Waals surface area contributed by atoms with Crippen LogP contribution in [0.15, 0.2) is 30.3 Å². The highest BCUT2D eigenvalue weighted by Gasteiger charge is 2.13. The average molecular weight is 229 g/mol. The first-order valence-electron chi connectivity index (χ1n) is 5.16. The number of hydrogen-bond donors (Lipinski definition) is 0. The van der Waals surface area contributed by atoms with Gasteiger partial charge in [-0.3, -0.25) is 4.79 Å². The minimum absolute atomic E-state index is 0.120. The van der Waals surface area contributed by atoms with Crippen molar-refractivity contribution >= 4 is 37.4 Å². The Bertz CT molecular complexity index is 705. The highest BCUT2D eigenvalue weighted by atomic mass is 32.1. The minimum Gasteiger partial charge on any atom is -0.340 e. The molecule has 3 aromatic rings. The first-order chi connectivity index (χ1) is 7.68. The fourth-order valence-electron chi connectivity index (χ4n) is 2.17. The van der Waals surface area contributed by atoms with Gasteiger partial charge < -0.3 is 4.57 Å². The van der Waals surface area contributed by atoms with Crippen LogP contribution in [-0.2, 0) is 7.05 Å². The molecule has 0 spiro atoms. The number of fused-ring (bicyclic) bond motifs is 3. The Labute approximate surface area is 97.1 Å². The van der Waals surface area contributed by atoms with Crippen molar-refractivity contribution in [2.75, 3.05) is 0 Å². The Kier molecular flexibility index (Phi) is 1.91. The standard InChI is InChI=1S/C13H11NOS/c1-8(15)10-7-12-13(14(10)2)9-5-3-4-6-11(9)16-12/h3-7H,1-2H3. The molecule has 2 aromatic heterocycles. The maximum Gasteiger partial charge on any atom is 0.176 e. The molecule has 16 heavy (non-hydrogen) atoms. The van der Waals surface area contributed by atoms with Crippen molar-refractivity contribution in [3.05, 3.63) is 36.0 Å². The van der Waals surface area contributed by atoms with Crippen LogP contribution in [0.25, 0.3) is 20.3 Å². The van der Waals surface area contributed by atoms with Crippen LogP contribution in [0.2, 0.25) is 0 Å². The molecule has 0 bridgehead atoms. The highest BCUT2D eigenvalue weighted by molar-refractivity contribution is 7.25. The highest BCUT2D eigenvalue weighted by Crippen LogP contribution is 2.35. The summed E-state index contributed by atoms with van der Waals surface area (Å²) in [7, 11) is 1.96. The molecule has 0 unspecified atom stereocenters. The van der Waals surface area contributed by atoms with Gasteiger partial charge in [0.25, 0.3) is 0 Å². The van der Waals surface area contributed by atoms with Crippen LogP contribution >= 0.6 is 11.3 Å². The number of benzene rings is 1. The third kappa shape index (κ3) is 1.15. The monoisotopic (exact) mass is 229 g/mol. The molecule has 0 radical (unpaired) electrons. The summed E-state index contributed by atoms with van der Waals surface area (Å²) < 4.78 is 4.46. The minimum atomic E-state index is 0.120. The molecule has 3 heteroatoms. The third-order valence-electron chi connectivity index (χ3n) is 2.92. The molecule has 0 fully saturated rings. The van der Waals surface area contributed by atoms with Gasteiger partial charge in [-0.05, 0) is 12.1 Å². The molecule has 0 aliphatic heterocycles. The van der Waals surface area contributed by atoms with Crippen molar-refractivity contribution in [1.29, 1.82) is 0 Å². The van der Waals surface area contributed by atoms with Gasteiger partial charge in [-0.1, -0.05) is 18.2 Å². The SMILES string of the molecule is CC(=O)c1cc2sc3ccccc3c2n1C. The molecule has 0 aliphatic carbocycles. The lowest BCUT2D eigenvalue weighted by molar-refractivity contribution is 0.101. The summed E-state index contributed by atoms with van der Waals surface area (Å²) in [4.78, 5) is 11.5. The number of nitrogens with zero attached hydrogens (tertiary/aromatic N) is 1. The summed E-state index contributed by atoms with van der Waals surface area (Å²) in [6.07, 6.45) is 0. The van der Waals surface area contributed by atoms with Gasteiger partial charge in [0.1, 0.15) is 0 Å². The van der Waals surface area contributed by atoms with E-state index in [1.165, 1.54) is 20.3 Å². The van der Waals surface area contributed by atoms with E-state index in [1.807, 2.05) is 29.8 Å². The molecular weight excluding hydrogens is 218 g/mol. The van der Waals surface area contributed by atoms with Crippen LogP contribution in [0, 0.1) is 0 Å². The van der Waals surface area contributed by atoms with Crippen molar-refractivity contribution in [2.45, 2.75) is 6.92 Å². The Hall–Kier alpha value is -1.61. The van der Waals surface area contributed by atoms with Crippen molar-refractivity contribution in [2.24, 2.45) is 7.05 Å². The first-order valence-corrected chi connectivity index (χ1v) is 5.98. The first kappa shape index (κ1) is 9.60. The largest absolute Gasteiger partial charge is 0.340 e. The normalized spacial score (nSPS) is 11.4. The van der Waals surface area contributed by atoms with E-state index in [0.29, 0.717) is 0 Å². The van der Waals surface area contributed by atoms with Crippen LogP contribution in [0.4, 0.5) is 0 Å². The smallest absolute Gasteiger partial charge is 0.176 e. The van der Waals surface area contributed by atoms with Gasteiger partial charge in [0, 0.05) is 24.1 Å². The lowest BCUT2D eigenvalue weighted by atomic mass is 10.2. The van der Waals surface area contributed by atoms with Gasteiger partial charge in [0.15, 0.2) is 5.78 Å². The summed E-state index contributed by atoms with van der Waals surface area (Å²) in [6, 6.07) is 10.3. The summed E-state index contributed by atoms with van der Waals surface area (Å²) in [5.74, 6) is 0.120. The van der Waals surface area contributed by atoms with E-state index in [0.717, 1.165) is 5.69 Å².